The van der Waals surface area contributed by atoms with E-state index in [1.165, 1.54) is 0 Å². The molecule has 1 saturated heterocycles. The molecule has 3 N–H and O–H groups in total. The van der Waals surface area contributed by atoms with Gasteiger partial charge in [0.2, 0.25) is 11.9 Å². The lowest BCUT2D eigenvalue weighted by Gasteiger charge is -2.32. The number of benzene rings is 1. The average Bonchev–Trinajstić information content (AvgIpc) is 3.64. The van der Waals surface area contributed by atoms with Crippen molar-refractivity contribution in [2.75, 3.05) is 30.3 Å². The van der Waals surface area contributed by atoms with Crippen LogP contribution >= 0.6 is 0 Å². The number of aliphatic hydroxyl groups excluding tert-OH is 1. The van der Waals surface area contributed by atoms with Crippen LogP contribution in [0, 0.1) is 6.92 Å². The highest BCUT2D eigenvalue weighted by Crippen LogP contribution is 2.24. The zero-order valence-electron chi connectivity index (χ0n) is 24.7. The lowest BCUT2D eigenvalue weighted by molar-refractivity contribution is 0.220. The van der Waals surface area contributed by atoms with Gasteiger partial charge in [0, 0.05) is 50.2 Å². The van der Waals surface area contributed by atoms with Gasteiger partial charge >= 0.3 is 0 Å². The maximum atomic E-state index is 13.2. The van der Waals surface area contributed by atoms with Crippen molar-refractivity contribution >= 4 is 22.9 Å². The van der Waals surface area contributed by atoms with E-state index in [9.17, 15) is 9.90 Å². The van der Waals surface area contributed by atoms with Crippen molar-refractivity contribution in [2.45, 2.75) is 51.9 Å². The van der Waals surface area contributed by atoms with Gasteiger partial charge in [-0.15, -0.1) is 0 Å². The van der Waals surface area contributed by atoms with Crippen molar-refractivity contribution in [3.63, 3.8) is 0 Å². The fraction of sp³-hybridized carbons (Fsp3) is 0.375. The molecule has 224 valence electrons. The van der Waals surface area contributed by atoms with Crippen LogP contribution < -0.4 is 16.2 Å². The third-order valence-electron chi connectivity index (χ3n) is 8.19. The van der Waals surface area contributed by atoms with Crippen molar-refractivity contribution in [1.29, 1.82) is 0 Å². The predicted molar refractivity (Wildman–Crippen MR) is 166 cm³/mol. The van der Waals surface area contributed by atoms with Crippen molar-refractivity contribution in [1.82, 2.24) is 29.0 Å². The molecule has 0 atom stereocenters. The minimum Gasteiger partial charge on any atom is -0.462 e. The summed E-state index contributed by atoms with van der Waals surface area (Å²) >= 11 is 0. The number of hydrogen-bond acceptors (Lipinski definition) is 9. The summed E-state index contributed by atoms with van der Waals surface area (Å²) in [7, 11) is 1.76. The molecule has 0 bridgehead atoms. The number of piperidine rings is 1. The molecule has 0 saturated carbocycles. The van der Waals surface area contributed by atoms with Crippen LogP contribution in [0.15, 0.2) is 70.0 Å². The Morgan fingerprint density at radius 1 is 1.00 bits per heavy atom. The maximum absolute atomic E-state index is 13.2. The van der Waals surface area contributed by atoms with Crippen LogP contribution in [-0.4, -0.2) is 59.8 Å². The average molecular weight is 583 g/mol. The highest BCUT2D eigenvalue weighted by atomic mass is 16.4. The number of para-hydroxylation sites is 2. The molecule has 4 aromatic heterocycles. The van der Waals surface area contributed by atoms with E-state index in [0.717, 1.165) is 72.2 Å². The highest BCUT2D eigenvalue weighted by molar-refractivity contribution is 5.78. The van der Waals surface area contributed by atoms with E-state index >= 15 is 0 Å². The number of nitrogens with one attached hydrogen (secondary N) is 2. The number of pyridine rings is 1. The SMILES string of the molecule is Cc1nc(NCc2ccccn2)n(C)c(=O)c1CCN1CCC(Nc2nc3ccccc3n2Cc2ccc(CO)o2)CC1. The molecule has 1 aliphatic rings. The molecule has 43 heavy (non-hydrogen) atoms. The fourth-order valence-corrected chi connectivity index (χ4v) is 5.72. The molecule has 5 aromatic rings. The molecule has 1 fully saturated rings. The summed E-state index contributed by atoms with van der Waals surface area (Å²) in [5.41, 5.74) is 4.39. The first-order chi connectivity index (χ1) is 21.0. The van der Waals surface area contributed by atoms with Crippen LogP contribution in [0.5, 0.6) is 0 Å². The van der Waals surface area contributed by atoms with Crippen LogP contribution in [0.1, 0.15) is 41.3 Å². The summed E-state index contributed by atoms with van der Waals surface area (Å²) in [5.74, 6) is 2.70. The third-order valence-corrected chi connectivity index (χ3v) is 8.19. The Hall–Kier alpha value is -4.48. The smallest absolute Gasteiger partial charge is 0.258 e. The van der Waals surface area contributed by atoms with E-state index in [-0.39, 0.29) is 18.2 Å². The van der Waals surface area contributed by atoms with E-state index in [1.54, 1.807) is 23.9 Å². The highest BCUT2D eigenvalue weighted by Gasteiger charge is 2.23. The molecule has 0 unspecified atom stereocenters. The number of aromatic nitrogens is 5. The van der Waals surface area contributed by atoms with Gasteiger partial charge in [0.05, 0.1) is 29.8 Å². The summed E-state index contributed by atoms with van der Waals surface area (Å²) in [6, 6.07) is 17.9. The largest absolute Gasteiger partial charge is 0.462 e. The molecule has 0 spiro atoms. The Balaban J connectivity index is 1.06. The van der Waals surface area contributed by atoms with Gasteiger partial charge in [-0.1, -0.05) is 18.2 Å². The number of rotatable bonds is 11. The van der Waals surface area contributed by atoms with E-state index in [4.69, 9.17) is 14.4 Å². The van der Waals surface area contributed by atoms with E-state index in [0.29, 0.717) is 31.2 Å². The van der Waals surface area contributed by atoms with Crippen molar-refractivity contribution in [3.05, 3.63) is 99.6 Å². The maximum Gasteiger partial charge on any atom is 0.258 e. The minimum atomic E-state index is -0.117. The molecule has 6 rings (SSSR count). The Labute approximate surface area is 250 Å². The van der Waals surface area contributed by atoms with Crippen LogP contribution in [0.3, 0.4) is 0 Å². The van der Waals surface area contributed by atoms with Crippen LogP contribution in [-0.2, 0) is 33.2 Å². The molecule has 0 radical (unpaired) electrons. The van der Waals surface area contributed by atoms with Crippen molar-refractivity contribution < 1.29 is 9.52 Å². The molecular formula is C32H38N8O3. The van der Waals surface area contributed by atoms with Crippen molar-refractivity contribution in [2.24, 2.45) is 7.05 Å². The van der Waals surface area contributed by atoms with Crippen molar-refractivity contribution in [3.8, 4) is 0 Å². The number of fused-ring (bicyclic) bond motifs is 1. The number of furan rings is 1. The van der Waals surface area contributed by atoms with Gasteiger partial charge in [-0.2, -0.15) is 0 Å². The first-order valence-corrected chi connectivity index (χ1v) is 14.8. The Morgan fingerprint density at radius 2 is 1.79 bits per heavy atom. The molecule has 5 heterocycles. The first-order valence-electron chi connectivity index (χ1n) is 14.8. The molecule has 1 aliphatic heterocycles. The van der Waals surface area contributed by atoms with E-state index < -0.39 is 0 Å². The topological polar surface area (TPSA) is 126 Å². The van der Waals surface area contributed by atoms with Gasteiger partial charge in [0.15, 0.2) is 0 Å². The van der Waals surface area contributed by atoms with Gasteiger partial charge in [0.1, 0.15) is 18.1 Å². The van der Waals surface area contributed by atoms with E-state index in [2.05, 4.69) is 31.2 Å². The zero-order chi connectivity index (χ0) is 29.8. The van der Waals surface area contributed by atoms with Crippen LogP contribution in [0.25, 0.3) is 11.0 Å². The minimum absolute atomic E-state index is 0.00542. The van der Waals surface area contributed by atoms with Crippen LogP contribution in [0.4, 0.5) is 11.9 Å². The summed E-state index contributed by atoms with van der Waals surface area (Å²) in [6.45, 7) is 5.52. The first kappa shape index (κ1) is 28.6. The monoisotopic (exact) mass is 582 g/mol. The fourth-order valence-electron chi connectivity index (χ4n) is 5.72. The third kappa shape index (κ3) is 6.47. The lowest BCUT2D eigenvalue weighted by atomic mass is 10.0. The molecule has 11 nitrogen and oxygen atoms in total. The number of anilines is 2. The van der Waals surface area contributed by atoms with E-state index in [1.807, 2.05) is 49.4 Å². The summed E-state index contributed by atoms with van der Waals surface area (Å²) < 4.78 is 9.51. The normalized spacial score (nSPS) is 14.4. The summed E-state index contributed by atoms with van der Waals surface area (Å²) in [5, 5.41) is 16.3. The Bertz CT molecular complexity index is 1730. The second kappa shape index (κ2) is 12.8. The number of aliphatic hydroxyl groups is 1. The van der Waals surface area contributed by atoms with Gasteiger partial charge in [-0.3, -0.25) is 14.3 Å². The van der Waals surface area contributed by atoms with Crippen LogP contribution in [0.2, 0.25) is 0 Å². The second-order valence-corrected chi connectivity index (χ2v) is 11.1. The number of imidazole rings is 1. The van der Waals surface area contributed by atoms with Gasteiger partial charge < -0.3 is 29.6 Å². The molecule has 0 aliphatic carbocycles. The quantitative estimate of drug-likeness (QED) is 0.214. The van der Waals surface area contributed by atoms with Gasteiger partial charge in [0.25, 0.3) is 5.56 Å². The number of likely N-dealkylation sites (tertiary alicyclic amines) is 1. The summed E-state index contributed by atoms with van der Waals surface area (Å²) in [4.78, 5) is 29.6. The van der Waals surface area contributed by atoms with Gasteiger partial charge in [-0.05, 0) is 62.6 Å². The predicted octanol–water partition coefficient (Wildman–Crippen LogP) is 3.70. The lowest BCUT2D eigenvalue weighted by Crippen LogP contribution is -2.41. The summed E-state index contributed by atoms with van der Waals surface area (Å²) in [6.07, 6.45) is 4.37. The Kier molecular flexibility index (Phi) is 8.52. The van der Waals surface area contributed by atoms with Gasteiger partial charge in [-0.25, -0.2) is 9.97 Å². The number of hydrogen-bond donors (Lipinski definition) is 3. The zero-order valence-corrected chi connectivity index (χ0v) is 24.7. The standard InChI is InChI=1S/C32H38N8O3/c1-22-27(30(42)38(2)31(35-22)34-19-24-7-5-6-15-33-24)14-18-39-16-12-23(13-17-39)36-32-37-28-8-3-4-9-29(28)40(32)20-25-10-11-26(21-41)43-25/h3-11,15,23,41H,12-14,16-21H2,1-2H3,(H,34,35)(H,36,37). The number of aryl methyl sites for hydroxylation is 1. The molecular weight excluding hydrogens is 544 g/mol. The second-order valence-electron chi connectivity index (χ2n) is 11.1. The number of nitrogens with zero attached hydrogens (tertiary/aromatic N) is 6. The molecule has 11 heteroatoms. The Morgan fingerprint density at radius 3 is 2.56 bits per heavy atom. The molecule has 1 aromatic carbocycles. The molecule has 0 amide bonds.